The van der Waals surface area contributed by atoms with Crippen LogP contribution in [0.15, 0.2) is 29.3 Å². The maximum Gasteiger partial charge on any atom is 0.191 e. The van der Waals surface area contributed by atoms with Gasteiger partial charge in [0.2, 0.25) is 0 Å². The van der Waals surface area contributed by atoms with E-state index in [1.54, 1.807) is 7.11 Å². The molecule has 0 aliphatic carbocycles. The van der Waals surface area contributed by atoms with Crippen LogP contribution in [0.4, 0.5) is 0 Å². The van der Waals surface area contributed by atoms with Crippen LogP contribution in [0.5, 0.6) is 5.75 Å². The Bertz CT molecular complexity index is 646. The lowest BCUT2D eigenvalue weighted by atomic mass is 10.0. The zero-order chi connectivity index (χ0) is 21.2. The second-order valence-corrected chi connectivity index (χ2v) is 8.08. The summed E-state index contributed by atoms with van der Waals surface area (Å²) in [4.78, 5) is 9.57. The highest BCUT2D eigenvalue weighted by Crippen LogP contribution is 2.23. The molecule has 3 rings (SSSR count). The van der Waals surface area contributed by atoms with Crippen molar-refractivity contribution in [3.05, 3.63) is 29.8 Å². The molecule has 7 nitrogen and oxygen atoms in total. The number of aliphatic imine (C=N–C) groups is 1. The third-order valence-corrected chi connectivity index (χ3v) is 6.31. The molecule has 0 amide bonds. The molecule has 2 aliphatic heterocycles. The summed E-state index contributed by atoms with van der Waals surface area (Å²) in [7, 11) is 3.56. The molecule has 0 aromatic heterocycles. The van der Waals surface area contributed by atoms with Gasteiger partial charge in [-0.05, 0) is 50.0 Å². The maximum absolute atomic E-state index is 5.57. The first-order chi connectivity index (χ1) is 14.7. The first-order valence-electron chi connectivity index (χ1n) is 11.4. The molecule has 31 heavy (non-hydrogen) atoms. The van der Waals surface area contributed by atoms with Crippen molar-refractivity contribution < 1.29 is 9.47 Å². The molecular weight excluding hydrogens is 505 g/mol. The van der Waals surface area contributed by atoms with Crippen molar-refractivity contribution in [3.63, 3.8) is 0 Å². The molecule has 0 saturated carbocycles. The molecule has 176 valence electrons. The van der Waals surface area contributed by atoms with Crippen LogP contribution in [0.1, 0.15) is 37.8 Å². The number of methoxy groups -OCH3 is 1. The Morgan fingerprint density at radius 1 is 1.03 bits per heavy atom. The van der Waals surface area contributed by atoms with Crippen LogP contribution in [0.25, 0.3) is 0 Å². The molecule has 1 aromatic rings. The number of ether oxygens (including phenoxy) is 2. The summed E-state index contributed by atoms with van der Waals surface area (Å²) >= 11 is 0. The lowest BCUT2D eigenvalue weighted by Gasteiger charge is -2.35. The summed E-state index contributed by atoms with van der Waals surface area (Å²) in [5, 5.41) is 7.13. The van der Waals surface area contributed by atoms with Crippen LogP contribution < -0.4 is 15.4 Å². The van der Waals surface area contributed by atoms with Gasteiger partial charge in [-0.25, -0.2) is 0 Å². The molecule has 2 heterocycles. The summed E-state index contributed by atoms with van der Waals surface area (Å²) in [5.41, 5.74) is 1.28. The van der Waals surface area contributed by atoms with E-state index in [-0.39, 0.29) is 30.0 Å². The monoisotopic (exact) mass is 545 g/mol. The van der Waals surface area contributed by atoms with Crippen molar-refractivity contribution in [2.24, 2.45) is 4.99 Å². The predicted octanol–water partition coefficient (Wildman–Crippen LogP) is 2.73. The van der Waals surface area contributed by atoms with E-state index in [4.69, 9.17) is 9.47 Å². The van der Waals surface area contributed by atoms with E-state index in [1.807, 2.05) is 19.2 Å². The predicted molar refractivity (Wildman–Crippen MR) is 138 cm³/mol. The minimum absolute atomic E-state index is 0. The first kappa shape index (κ1) is 26.2. The number of nitrogens with one attached hydrogen (secondary N) is 2. The molecule has 0 bridgehead atoms. The smallest absolute Gasteiger partial charge is 0.191 e. The number of benzene rings is 1. The van der Waals surface area contributed by atoms with Crippen molar-refractivity contribution >= 4 is 29.9 Å². The molecule has 2 saturated heterocycles. The number of guanidine groups is 1. The highest BCUT2D eigenvalue weighted by atomic mass is 127. The molecule has 2 aliphatic rings. The number of hydrogen-bond donors (Lipinski definition) is 2. The summed E-state index contributed by atoms with van der Waals surface area (Å²) < 4.78 is 10.9. The highest BCUT2D eigenvalue weighted by Gasteiger charge is 2.24. The molecule has 8 heteroatoms. The van der Waals surface area contributed by atoms with E-state index < -0.39 is 0 Å². The number of halogens is 1. The highest BCUT2D eigenvalue weighted by molar-refractivity contribution is 14.0. The zero-order valence-electron chi connectivity index (χ0n) is 19.3. The third kappa shape index (κ3) is 7.76. The second-order valence-electron chi connectivity index (χ2n) is 8.08. The largest absolute Gasteiger partial charge is 0.497 e. The van der Waals surface area contributed by atoms with Gasteiger partial charge in [0.25, 0.3) is 0 Å². The minimum atomic E-state index is 0. The van der Waals surface area contributed by atoms with Gasteiger partial charge >= 0.3 is 0 Å². The molecule has 2 fully saturated rings. The average Bonchev–Trinajstić information content (AvgIpc) is 3.34. The van der Waals surface area contributed by atoms with Crippen molar-refractivity contribution in [2.45, 2.75) is 38.3 Å². The molecule has 1 aromatic carbocycles. The average molecular weight is 546 g/mol. The Hall–Kier alpha value is -1.10. The Morgan fingerprint density at radius 3 is 2.26 bits per heavy atom. The number of morpholine rings is 1. The molecule has 2 unspecified atom stereocenters. The van der Waals surface area contributed by atoms with Gasteiger partial charge in [0, 0.05) is 39.3 Å². The van der Waals surface area contributed by atoms with E-state index >= 15 is 0 Å². The fourth-order valence-corrected chi connectivity index (χ4v) is 4.44. The van der Waals surface area contributed by atoms with Gasteiger partial charge in [0.15, 0.2) is 5.96 Å². The van der Waals surface area contributed by atoms with Crippen molar-refractivity contribution in [3.8, 4) is 5.75 Å². The quantitative estimate of drug-likeness (QED) is 0.283. The zero-order valence-corrected chi connectivity index (χ0v) is 21.6. The van der Waals surface area contributed by atoms with Gasteiger partial charge in [-0.15, -0.1) is 24.0 Å². The molecule has 0 radical (unpaired) electrons. The van der Waals surface area contributed by atoms with E-state index in [2.05, 4.69) is 44.5 Å². The van der Waals surface area contributed by atoms with Crippen LogP contribution in [0.2, 0.25) is 0 Å². The lowest BCUT2D eigenvalue weighted by Crippen LogP contribution is -2.49. The van der Waals surface area contributed by atoms with Crippen LogP contribution in [0, 0.1) is 0 Å². The van der Waals surface area contributed by atoms with E-state index in [9.17, 15) is 0 Å². The van der Waals surface area contributed by atoms with Gasteiger partial charge in [-0.1, -0.05) is 19.1 Å². The van der Waals surface area contributed by atoms with Crippen molar-refractivity contribution in [2.75, 3.05) is 66.6 Å². The first-order valence-corrected chi connectivity index (χ1v) is 11.4. The van der Waals surface area contributed by atoms with Crippen LogP contribution >= 0.6 is 24.0 Å². The number of likely N-dealkylation sites (tertiary alicyclic amines) is 1. The number of rotatable bonds is 9. The maximum atomic E-state index is 5.57. The van der Waals surface area contributed by atoms with Gasteiger partial charge in [0.05, 0.1) is 26.4 Å². The third-order valence-electron chi connectivity index (χ3n) is 6.31. The van der Waals surface area contributed by atoms with Crippen molar-refractivity contribution in [1.82, 2.24) is 20.4 Å². The topological polar surface area (TPSA) is 61.4 Å². The minimum Gasteiger partial charge on any atom is -0.497 e. The van der Waals surface area contributed by atoms with E-state index in [1.165, 1.54) is 31.5 Å². The van der Waals surface area contributed by atoms with Crippen LogP contribution in [-0.2, 0) is 4.74 Å². The van der Waals surface area contributed by atoms with Gasteiger partial charge < -0.3 is 20.1 Å². The van der Waals surface area contributed by atoms with Crippen LogP contribution in [0.3, 0.4) is 0 Å². The van der Waals surface area contributed by atoms with Gasteiger partial charge in [0.1, 0.15) is 5.75 Å². The Labute approximate surface area is 205 Å². The summed E-state index contributed by atoms with van der Waals surface area (Å²) in [6, 6.07) is 9.24. The Morgan fingerprint density at radius 2 is 1.68 bits per heavy atom. The van der Waals surface area contributed by atoms with Gasteiger partial charge in [-0.3, -0.25) is 14.8 Å². The lowest BCUT2D eigenvalue weighted by molar-refractivity contribution is 0.0170. The molecule has 2 atom stereocenters. The second kappa shape index (κ2) is 14.1. The van der Waals surface area contributed by atoms with E-state index in [0.29, 0.717) is 6.04 Å². The fraction of sp³-hybridized carbons (Fsp3) is 0.696. The Kier molecular flexibility index (Phi) is 11.9. The van der Waals surface area contributed by atoms with Gasteiger partial charge in [-0.2, -0.15) is 0 Å². The van der Waals surface area contributed by atoms with E-state index in [0.717, 1.165) is 57.5 Å². The molecule has 2 N–H and O–H groups in total. The number of hydrogen-bond acceptors (Lipinski definition) is 5. The standard InChI is InChI=1S/C23H39N5O2.HI/c1-4-20(27-11-5-6-12-27)17-25-23(24-2)26-18-22(28-13-15-30-16-14-28)19-7-9-21(29-3)10-8-19;/h7-10,20,22H,4-6,11-18H2,1-3H3,(H2,24,25,26);1H. The normalized spacial score (nSPS) is 20.0. The SMILES string of the molecule is CCC(CNC(=NC)NCC(c1ccc(OC)cc1)N1CCOCC1)N1CCCC1.I. The molecular formula is C23H40IN5O2. The fourth-order valence-electron chi connectivity index (χ4n) is 4.44. The van der Waals surface area contributed by atoms with Crippen molar-refractivity contribution in [1.29, 1.82) is 0 Å². The van der Waals surface area contributed by atoms with Crippen LogP contribution in [-0.4, -0.2) is 88.4 Å². The number of nitrogens with zero attached hydrogens (tertiary/aromatic N) is 3. The summed E-state index contributed by atoms with van der Waals surface area (Å²) in [6.07, 6.45) is 3.81. The summed E-state index contributed by atoms with van der Waals surface area (Å²) in [6.45, 7) is 9.91. The molecule has 0 spiro atoms. The summed E-state index contributed by atoms with van der Waals surface area (Å²) in [5.74, 6) is 1.76. The Balaban J connectivity index is 0.00000341.